The zero-order chi connectivity index (χ0) is 19.0. The van der Waals surface area contributed by atoms with Crippen molar-refractivity contribution in [1.29, 1.82) is 0 Å². The Kier molecular flexibility index (Phi) is 4.64. The molecule has 1 fully saturated rings. The first kappa shape index (κ1) is 17.6. The lowest BCUT2D eigenvalue weighted by Gasteiger charge is -2.32. The summed E-state index contributed by atoms with van der Waals surface area (Å²) >= 11 is 0. The minimum Gasteiger partial charge on any atom is -0.342 e. The third kappa shape index (κ3) is 3.44. The van der Waals surface area contributed by atoms with Crippen LogP contribution >= 0.6 is 0 Å². The van der Waals surface area contributed by atoms with Crippen molar-refractivity contribution in [2.45, 2.75) is 45.4 Å². The Morgan fingerprint density at radius 1 is 1.26 bits per heavy atom. The number of para-hydroxylation sites is 2. The molecular weight excluding hydrogens is 338 g/mol. The van der Waals surface area contributed by atoms with E-state index in [4.69, 9.17) is 4.98 Å². The molecule has 6 nitrogen and oxygen atoms in total. The number of imidazole rings is 1. The van der Waals surface area contributed by atoms with Crippen molar-refractivity contribution in [3.63, 3.8) is 0 Å². The predicted octanol–water partition coefficient (Wildman–Crippen LogP) is 3.80. The highest BCUT2D eigenvalue weighted by molar-refractivity contribution is 5.95. The fraction of sp³-hybridized carbons (Fsp3) is 0.429. The summed E-state index contributed by atoms with van der Waals surface area (Å²) in [7, 11) is 0. The third-order valence-electron chi connectivity index (χ3n) is 5.25. The summed E-state index contributed by atoms with van der Waals surface area (Å²) in [5.74, 6) is 2.25. The highest BCUT2D eigenvalue weighted by Crippen LogP contribution is 2.28. The first-order valence-electron chi connectivity index (χ1n) is 9.60. The van der Waals surface area contributed by atoms with E-state index < -0.39 is 0 Å². The number of nitrogens with zero attached hydrogens (tertiary/aromatic N) is 4. The summed E-state index contributed by atoms with van der Waals surface area (Å²) in [6.45, 7) is 7.43. The van der Waals surface area contributed by atoms with Gasteiger partial charge in [-0.2, -0.15) is 0 Å². The molecule has 1 aliphatic rings. The highest BCUT2D eigenvalue weighted by atomic mass is 16.2. The zero-order valence-corrected chi connectivity index (χ0v) is 16.1. The van der Waals surface area contributed by atoms with Crippen LogP contribution in [0.2, 0.25) is 0 Å². The maximum atomic E-state index is 13.1. The lowest BCUT2D eigenvalue weighted by molar-refractivity contribution is 0.0703. The van der Waals surface area contributed by atoms with Gasteiger partial charge in [0, 0.05) is 31.1 Å². The quantitative estimate of drug-likeness (QED) is 0.768. The number of H-pyrrole nitrogens is 1. The number of hydrogen-bond acceptors (Lipinski definition) is 4. The van der Waals surface area contributed by atoms with Gasteiger partial charge in [0.05, 0.1) is 22.3 Å². The minimum absolute atomic E-state index is 0.0172. The number of rotatable bonds is 3. The molecule has 1 saturated heterocycles. The Labute approximate surface area is 159 Å². The van der Waals surface area contributed by atoms with E-state index in [1.807, 2.05) is 36.1 Å². The number of hydrogen-bond donors (Lipinski definition) is 1. The number of carbonyl (C=O) groups is 1. The summed E-state index contributed by atoms with van der Waals surface area (Å²) < 4.78 is 0. The van der Waals surface area contributed by atoms with E-state index in [2.05, 4.69) is 28.8 Å². The van der Waals surface area contributed by atoms with Gasteiger partial charge < -0.3 is 9.88 Å². The van der Waals surface area contributed by atoms with Crippen LogP contribution in [-0.4, -0.2) is 43.8 Å². The smallest absolute Gasteiger partial charge is 0.257 e. The normalized spacial score (nSPS) is 17.6. The first-order chi connectivity index (χ1) is 13.0. The van der Waals surface area contributed by atoms with Gasteiger partial charge in [0.1, 0.15) is 11.6 Å². The van der Waals surface area contributed by atoms with Crippen molar-refractivity contribution in [3.8, 4) is 0 Å². The van der Waals surface area contributed by atoms with E-state index in [1.54, 1.807) is 6.20 Å². The molecular formula is C21H25N5O. The second-order valence-electron chi connectivity index (χ2n) is 7.61. The van der Waals surface area contributed by atoms with Gasteiger partial charge in [0.25, 0.3) is 5.91 Å². The molecule has 0 unspecified atom stereocenters. The maximum Gasteiger partial charge on any atom is 0.257 e. The van der Waals surface area contributed by atoms with Gasteiger partial charge in [-0.05, 0) is 31.9 Å². The van der Waals surface area contributed by atoms with Crippen LogP contribution in [0.25, 0.3) is 11.0 Å². The maximum absolute atomic E-state index is 13.1. The van der Waals surface area contributed by atoms with Crippen molar-refractivity contribution >= 4 is 16.9 Å². The Morgan fingerprint density at radius 2 is 2.07 bits per heavy atom. The van der Waals surface area contributed by atoms with Crippen molar-refractivity contribution in [3.05, 3.63) is 53.4 Å². The second-order valence-corrected chi connectivity index (χ2v) is 7.61. The largest absolute Gasteiger partial charge is 0.342 e. The number of carbonyl (C=O) groups excluding carboxylic acids is 1. The van der Waals surface area contributed by atoms with Gasteiger partial charge in [0.15, 0.2) is 0 Å². The van der Waals surface area contributed by atoms with Crippen LogP contribution < -0.4 is 0 Å². The topological polar surface area (TPSA) is 74.8 Å². The van der Waals surface area contributed by atoms with E-state index in [-0.39, 0.29) is 17.7 Å². The van der Waals surface area contributed by atoms with Crippen LogP contribution in [-0.2, 0) is 0 Å². The van der Waals surface area contributed by atoms with E-state index >= 15 is 0 Å². The van der Waals surface area contributed by atoms with Crippen LogP contribution in [0.15, 0.2) is 30.5 Å². The minimum atomic E-state index is 0.0172. The van der Waals surface area contributed by atoms with Gasteiger partial charge in [-0.1, -0.05) is 26.0 Å². The van der Waals surface area contributed by atoms with Crippen molar-refractivity contribution in [2.75, 3.05) is 13.1 Å². The zero-order valence-electron chi connectivity index (χ0n) is 16.1. The van der Waals surface area contributed by atoms with Crippen LogP contribution in [0.4, 0.5) is 0 Å². The van der Waals surface area contributed by atoms with Crippen molar-refractivity contribution in [2.24, 2.45) is 0 Å². The SMILES string of the molecule is Cc1nc(C(C)C)ncc1C(=O)N1CCC[C@H](c2nc3ccccc3[nH]2)C1. The van der Waals surface area contributed by atoms with Gasteiger partial charge >= 0.3 is 0 Å². The highest BCUT2D eigenvalue weighted by Gasteiger charge is 2.28. The standard InChI is InChI=1S/C21H25N5O/c1-13(2)19-22-11-16(14(3)23-19)21(27)26-10-6-7-15(12-26)20-24-17-8-4-5-9-18(17)25-20/h4-5,8-9,11,13,15H,6-7,10,12H2,1-3H3,(H,24,25)/t15-/m0/s1. The molecule has 3 heterocycles. The molecule has 1 atom stereocenters. The van der Waals surface area contributed by atoms with E-state index in [0.717, 1.165) is 47.8 Å². The molecule has 4 rings (SSSR count). The van der Waals surface area contributed by atoms with Crippen molar-refractivity contribution in [1.82, 2.24) is 24.8 Å². The number of aromatic nitrogens is 4. The number of nitrogens with one attached hydrogen (secondary N) is 1. The van der Waals surface area contributed by atoms with Gasteiger partial charge in [-0.15, -0.1) is 0 Å². The van der Waals surface area contributed by atoms with Crippen LogP contribution in [0.3, 0.4) is 0 Å². The predicted molar refractivity (Wildman–Crippen MR) is 105 cm³/mol. The summed E-state index contributed by atoms with van der Waals surface area (Å²) in [6.07, 6.45) is 3.69. The van der Waals surface area contributed by atoms with E-state index in [9.17, 15) is 4.79 Å². The molecule has 6 heteroatoms. The van der Waals surface area contributed by atoms with Crippen LogP contribution in [0.1, 0.15) is 66.2 Å². The molecule has 1 aliphatic heterocycles. The second kappa shape index (κ2) is 7.10. The molecule has 140 valence electrons. The molecule has 3 aromatic rings. The van der Waals surface area contributed by atoms with E-state index in [1.165, 1.54) is 0 Å². The molecule has 27 heavy (non-hydrogen) atoms. The lowest BCUT2D eigenvalue weighted by atomic mass is 9.96. The molecule has 0 aliphatic carbocycles. The molecule has 2 aromatic heterocycles. The Balaban J connectivity index is 1.55. The molecule has 1 aromatic carbocycles. The Bertz CT molecular complexity index is 945. The summed E-state index contributed by atoms with van der Waals surface area (Å²) in [5.41, 5.74) is 3.38. The first-order valence-corrected chi connectivity index (χ1v) is 9.60. The van der Waals surface area contributed by atoms with E-state index in [0.29, 0.717) is 12.1 Å². The summed E-state index contributed by atoms with van der Waals surface area (Å²) in [4.78, 5) is 32.0. The Morgan fingerprint density at radius 3 is 2.81 bits per heavy atom. The van der Waals surface area contributed by atoms with Gasteiger partial charge in [-0.3, -0.25) is 4.79 Å². The number of benzene rings is 1. The lowest BCUT2D eigenvalue weighted by Crippen LogP contribution is -2.39. The monoisotopic (exact) mass is 363 g/mol. The fourth-order valence-electron chi connectivity index (χ4n) is 3.69. The number of fused-ring (bicyclic) bond motifs is 1. The van der Waals surface area contributed by atoms with Gasteiger partial charge in [0.2, 0.25) is 0 Å². The number of likely N-dealkylation sites (tertiary alicyclic amines) is 1. The molecule has 1 amide bonds. The number of amides is 1. The molecule has 0 spiro atoms. The molecule has 0 bridgehead atoms. The summed E-state index contributed by atoms with van der Waals surface area (Å²) in [5, 5.41) is 0. The fourth-order valence-corrected chi connectivity index (χ4v) is 3.69. The molecule has 0 radical (unpaired) electrons. The number of piperidine rings is 1. The van der Waals surface area contributed by atoms with Crippen LogP contribution in [0.5, 0.6) is 0 Å². The third-order valence-corrected chi connectivity index (χ3v) is 5.25. The average molecular weight is 363 g/mol. The molecule has 1 N–H and O–H groups in total. The number of aromatic amines is 1. The van der Waals surface area contributed by atoms with Crippen molar-refractivity contribution < 1.29 is 4.79 Å². The molecule has 0 saturated carbocycles. The van der Waals surface area contributed by atoms with Gasteiger partial charge in [-0.25, -0.2) is 15.0 Å². The average Bonchev–Trinajstić information content (AvgIpc) is 3.12. The number of aryl methyl sites for hydroxylation is 1. The van der Waals surface area contributed by atoms with Crippen LogP contribution in [0, 0.1) is 6.92 Å². The summed E-state index contributed by atoms with van der Waals surface area (Å²) in [6, 6.07) is 8.05. The Hall–Kier alpha value is -2.76.